The fourth-order valence-electron chi connectivity index (χ4n) is 4.58. The number of rotatable bonds is 7. The van der Waals surface area contributed by atoms with Crippen LogP contribution in [0.5, 0.6) is 5.75 Å². The van der Waals surface area contributed by atoms with E-state index in [9.17, 15) is 19.2 Å². The van der Waals surface area contributed by atoms with E-state index in [1.807, 2.05) is 0 Å². The number of nitrogens with one attached hydrogen (secondary N) is 1. The molecule has 1 heterocycles. The molecule has 2 aromatic rings. The van der Waals surface area contributed by atoms with Gasteiger partial charge in [0.25, 0.3) is 5.91 Å². The number of methoxy groups -OCH3 is 1. The number of hydrogen-bond donors (Lipinski definition) is 1. The SMILES string of the molecule is COc1ccc(NC(=O)c2ccc(COC(=O)[C@H](C)N3C(=O)[C@@H]4CCCC[C@H]4C3=O)cc2)cc1. The molecule has 0 bridgehead atoms. The summed E-state index contributed by atoms with van der Waals surface area (Å²) in [5.41, 5.74) is 1.79. The van der Waals surface area contributed by atoms with Crippen LogP contribution in [0.15, 0.2) is 48.5 Å². The number of amides is 3. The highest BCUT2D eigenvalue weighted by Gasteiger charge is 2.51. The van der Waals surface area contributed by atoms with E-state index < -0.39 is 12.0 Å². The summed E-state index contributed by atoms with van der Waals surface area (Å²) >= 11 is 0. The van der Waals surface area contributed by atoms with Crippen molar-refractivity contribution >= 4 is 29.4 Å². The molecule has 1 N–H and O–H groups in total. The number of fused-ring (bicyclic) bond motifs is 1. The molecule has 0 spiro atoms. The third-order valence-corrected chi connectivity index (χ3v) is 6.55. The largest absolute Gasteiger partial charge is 0.497 e. The minimum Gasteiger partial charge on any atom is -0.497 e. The molecule has 2 aliphatic rings. The van der Waals surface area contributed by atoms with Crippen LogP contribution in [0.3, 0.4) is 0 Å². The van der Waals surface area contributed by atoms with Gasteiger partial charge in [0.2, 0.25) is 11.8 Å². The van der Waals surface area contributed by atoms with Crippen LogP contribution in [0.25, 0.3) is 0 Å². The Morgan fingerprint density at radius 2 is 1.56 bits per heavy atom. The number of likely N-dealkylation sites (tertiary alicyclic amines) is 1. The minimum atomic E-state index is -0.958. The molecular formula is C26H28N2O6. The van der Waals surface area contributed by atoms with Crippen LogP contribution < -0.4 is 10.1 Å². The summed E-state index contributed by atoms with van der Waals surface area (Å²) in [7, 11) is 1.57. The summed E-state index contributed by atoms with van der Waals surface area (Å²) in [5.74, 6) is -1.31. The quantitative estimate of drug-likeness (QED) is 0.497. The summed E-state index contributed by atoms with van der Waals surface area (Å²) in [4.78, 5) is 51.5. The number of benzene rings is 2. The Morgan fingerprint density at radius 3 is 2.12 bits per heavy atom. The van der Waals surface area contributed by atoms with Crippen LogP contribution >= 0.6 is 0 Å². The summed E-state index contributed by atoms with van der Waals surface area (Å²) < 4.78 is 10.5. The average Bonchev–Trinajstić information content (AvgIpc) is 3.12. The number of carbonyl (C=O) groups is 4. The smallest absolute Gasteiger partial charge is 0.329 e. The molecule has 8 heteroatoms. The molecule has 3 amide bonds. The molecule has 2 fully saturated rings. The van der Waals surface area contributed by atoms with Gasteiger partial charge in [-0.1, -0.05) is 25.0 Å². The lowest BCUT2D eigenvalue weighted by Crippen LogP contribution is -2.44. The molecule has 34 heavy (non-hydrogen) atoms. The van der Waals surface area contributed by atoms with Crippen LogP contribution in [0.4, 0.5) is 5.69 Å². The highest BCUT2D eigenvalue weighted by Crippen LogP contribution is 2.39. The molecular weight excluding hydrogens is 436 g/mol. The Labute approximate surface area is 198 Å². The third-order valence-electron chi connectivity index (χ3n) is 6.55. The second-order valence-electron chi connectivity index (χ2n) is 8.71. The lowest BCUT2D eigenvalue weighted by Gasteiger charge is -2.21. The monoisotopic (exact) mass is 464 g/mol. The predicted octanol–water partition coefficient (Wildman–Crippen LogP) is 3.55. The van der Waals surface area contributed by atoms with Gasteiger partial charge in [-0.05, 0) is 61.7 Å². The molecule has 1 saturated carbocycles. The minimum absolute atomic E-state index is 0.0212. The fraction of sp³-hybridized carbons (Fsp3) is 0.385. The predicted molar refractivity (Wildman–Crippen MR) is 124 cm³/mol. The first-order valence-corrected chi connectivity index (χ1v) is 11.5. The first kappa shape index (κ1) is 23.5. The zero-order valence-corrected chi connectivity index (χ0v) is 19.3. The molecule has 0 unspecified atom stereocenters. The van der Waals surface area contributed by atoms with E-state index >= 15 is 0 Å². The van der Waals surface area contributed by atoms with Crippen molar-refractivity contribution in [2.75, 3.05) is 12.4 Å². The molecule has 1 saturated heterocycles. The van der Waals surface area contributed by atoms with E-state index in [0.717, 1.165) is 17.7 Å². The lowest BCUT2D eigenvalue weighted by molar-refractivity contribution is -0.159. The number of hydrogen-bond acceptors (Lipinski definition) is 6. The topological polar surface area (TPSA) is 102 Å². The van der Waals surface area contributed by atoms with Crippen LogP contribution in [0.1, 0.15) is 48.5 Å². The Balaban J connectivity index is 1.31. The number of nitrogens with zero attached hydrogens (tertiary/aromatic N) is 1. The number of imide groups is 1. The normalized spacial score (nSPS) is 20.5. The Kier molecular flexibility index (Phi) is 6.95. The summed E-state index contributed by atoms with van der Waals surface area (Å²) in [5, 5.41) is 2.81. The molecule has 0 aromatic heterocycles. The van der Waals surface area contributed by atoms with Crippen LogP contribution in [0, 0.1) is 11.8 Å². The summed E-state index contributed by atoms with van der Waals surface area (Å²) in [6.45, 7) is 1.51. The van der Waals surface area contributed by atoms with Gasteiger partial charge in [-0.2, -0.15) is 0 Å². The van der Waals surface area contributed by atoms with Crippen molar-refractivity contribution in [2.45, 2.75) is 45.3 Å². The molecule has 178 valence electrons. The Hall–Kier alpha value is -3.68. The van der Waals surface area contributed by atoms with Crippen molar-refractivity contribution < 1.29 is 28.7 Å². The van der Waals surface area contributed by atoms with Crippen molar-refractivity contribution in [3.05, 3.63) is 59.7 Å². The zero-order valence-electron chi connectivity index (χ0n) is 19.3. The number of anilines is 1. The summed E-state index contributed by atoms with van der Waals surface area (Å²) in [6.07, 6.45) is 3.26. The second-order valence-corrected chi connectivity index (χ2v) is 8.71. The first-order chi connectivity index (χ1) is 16.4. The summed E-state index contributed by atoms with van der Waals surface area (Å²) in [6, 6.07) is 12.7. The van der Waals surface area contributed by atoms with Gasteiger partial charge in [0.05, 0.1) is 18.9 Å². The van der Waals surface area contributed by atoms with E-state index in [1.165, 1.54) is 6.92 Å². The van der Waals surface area contributed by atoms with Crippen LogP contribution in [-0.4, -0.2) is 41.7 Å². The molecule has 8 nitrogen and oxygen atoms in total. The van der Waals surface area contributed by atoms with Gasteiger partial charge in [-0.15, -0.1) is 0 Å². The van der Waals surface area contributed by atoms with Crippen molar-refractivity contribution in [3.63, 3.8) is 0 Å². The first-order valence-electron chi connectivity index (χ1n) is 11.5. The average molecular weight is 465 g/mol. The third kappa shape index (κ3) is 4.81. The van der Waals surface area contributed by atoms with Gasteiger partial charge in [-0.3, -0.25) is 19.3 Å². The molecule has 1 aliphatic heterocycles. The number of esters is 1. The molecule has 2 aromatic carbocycles. The Morgan fingerprint density at radius 1 is 0.971 bits per heavy atom. The van der Waals surface area contributed by atoms with E-state index in [0.29, 0.717) is 35.4 Å². The Bertz CT molecular complexity index is 1060. The van der Waals surface area contributed by atoms with Gasteiger partial charge in [0.1, 0.15) is 18.4 Å². The van der Waals surface area contributed by atoms with Crippen LogP contribution in [-0.2, 0) is 25.7 Å². The van der Waals surface area contributed by atoms with E-state index in [2.05, 4.69) is 5.32 Å². The van der Waals surface area contributed by atoms with Crippen molar-refractivity contribution in [2.24, 2.45) is 11.8 Å². The molecule has 4 rings (SSSR count). The van der Waals surface area contributed by atoms with Gasteiger partial charge < -0.3 is 14.8 Å². The van der Waals surface area contributed by atoms with Gasteiger partial charge in [0, 0.05) is 11.3 Å². The van der Waals surface area contributed by atoms with Crippen molar-refractivity contribution in [3.8, 4) is 5.75 Å². The van der Waals surface area contributed by atoms with Gasteiger partial charge in [-0.25, -0.2) is 4.79 Å². The maximum atomic E-state index is 12.7. The van der Waals surface area contributed by atoms with Gasteiger partial charge in [0.15, 0.2) is 0 Å². The molecule has 3 atom stereocenters. The van der Waals surface area contributed by atoms with E-state index in [4.69, 9.17) is 9.47 Å². The molecule has 0 radical (unpaired) electrons. The highest BCUT2D eigenvalue weighted by molar-refractivity contribution is 6.07. The standard InChI is InChI=1S/C26H28N2O6/c1-16(28-24(30)21-5-3-4-6-22(21)25(28)31)26(32)34-15-17-7-9-18(10-8-17)23(29)27-19-11-13-20(33-2)14-12-19/h7-14,16,21-22H,3-6,15H2,1-2H3,(H,27,29)/t16-,21+,22+/m0/s1. The number of carbonyl (C=O) groups excluding carboxylic acids is 4. The van der Waals surface area contributed by atoms with Gasteiger partial charge >= 0.3 is 5.97 Å². The maximum absolute atomic E-state index is 12.7. The second kappa shape index (κ2) is 10.1. The van der Waals surface area contributed by atoms with Crippen molar-refractivity contribution in [1.29, 1.82) is 0 Å². The highest BCUT2D eigenvalue weighted by atomic mass is 16.5. The number of ether oxygens (including phenoxy) is 2. The zero-order chi connectivity index (χ0) is 24.2. The van der Waals surface area contributed by atoms with Crippen LogP contribution in [0.2, 0.25) is 0 Å². The fourth-order valence-corrected chi connectivity index (χ4v) is 4.58. The molecule has 1 aliphatic carbocycles. The lowest BCUT2D eigenvalue weighted by atomic mass is 9.81. The maximum Gasteiger partial charge on any atom is 0.329 e. The van der Waals surface area contributed by atoms with E-state index in [-0.39, 0.29) is 36.2 Å². The van der Waals surface area contributed by atoms with Crippen molar-refractivity contribution in [1.82, 2.24) is 4.90 Å². The van der Waals surface area contributed by atoms with E-state index in [1.54, 1.807) is 55.6 Å².